The number of hydrogen-bond donors (Lipinski definition) is 1. The Balaban J connectivity index is 1.91. The number of amides is 1. The standard InChI is InChI=1S/C23H37NO3Si/c1-7-11-19-16-20(27-28(5,6)23(2,3)4)14-15-21(19)24-22(25)26-17-18-12-9-8-10-13-18/h7-13,19-21H,14-17H2,1-6H3,(H,24,25)/t19-,20-,21+/m1/s1. The normalized spacial score (nSPS) is 23.6. The van der Waals surface area contributed by atoms with Crippen LogP contribution in [0.15, 0.2) is 42.5 Å². The van der Waals surface area contributed by atoms with Crippen molar-refractivity contribution in [1.29, 1.82) is 0 Å². The molecule has 5 heteroatoms. The fraction of sp³-hybridized carbons (Fsp3) is 0.609. The van der Waals surface area contributed by atoms with Gasteiger partial charge in [-0.05, 0) is 55.8 Å². The van der Waals surface area contributed by atoms with E-state index in [1.165, 1.54) is 0 Å². The Hall–Kier alpha value is -1.59. The summed E-state index contributed by atoms with van der Waals surface area (Å²) in [7, 11) is -1.79. The van der Waals surface area contributed by atoms with E-state index in [2.05, 4.69) is 51.3 Å². The van der Waals surface area contributed by atoms with E-state index in [1.807, 2.05) is 37.3 Å². The average Bonchev–Trinajstić information content (AvgIpc) is 2.62. The Morgan fingerprint density at radius 3 is 2.50 bits per heavy atom. The molecule has 1 aliphatic rings. The van der Waals surface area contributed by atoms with Crippen LogP contribution in [0.25, 0.3) is 0 Å². The van der Waals surface area contributed by atoms with Gasteiger partial charge in [-0.3, -0.25) is 0 Å². The van der Waals surface area contributed by atoms with Crippen molar-refractivity contribution in [3.05, 3.63) is 48.0 Å². The van der Waals surface area contributed by atoms with Crippen molar-refractivity contribution in [1.82, 2.24) is 5.32 Å². The van der Waals surface area contributed by atoms with Gasteiger partial charge in [0.25, 0.3) is 0 Å². The second-order valence-corrected chi connectivity index (χ2v) is 14.1. The highest BCUT2D eigenvalue weighted by molar-refractivity contribution is 6.74. The van der Waals surface area contributed by atoms with Crippen LogP contribution < -0.4 is 5.32 Å². The van der Waals surface area contributed by atoms with Crippen molar-refractivity contribution in [2.75, 3.05) is 0 Å². The fourth-order valence-electron chi connectivity index (χ4n) is 3.42. The maximum Gasteiger partial charge on any atom is 0.407 e. The molecule has 0 aliphatic heterocycles. The first-order chi connectivity index (χ1) is 13.1. The number of alkyl carbamates (subject to hydrolysis) is 1. The third-order valence-electron chi connectivity index (χ3n) is 6.07. The summed E-state index contributed by atoms with van der Waals surface area (Å²) in [4.78, 5) is 12.3. The average molecular weight is 404 g/mol. The first-order valence-electron chi connectivity index (χ1n) is 10.4. The Bertz CT molecular complexity index is 652. The Morgan fingerprint density at radius 2 is 1.89 bits per heavy atom. The predicted molar refractivity (Wildman–Crippen MR) is 118 cm³/mol. The maximum absolute atomic E-state index is 12.3. The molecule has 2 rings (SSSR count). The van der Waals surface area contributed by atoms with E-state index in [0.29, 0.717) is 6.61 Å². The van der Waals surface area contributed by atoms with Gasteiger partial charge >= 0.3 is 6.09 Å². The summed E-state index contributed by atoms with van der Waals surface area (Å²) in [5.41, 5.74) is 0.995. The van der Waals surface area contributed by atoms with Crippen molar-refractivity contribution in [3.63, 3.8) is 0 Å². The number of nitrogens with one attached hydrogen (secondary N) is 1. The van der Waals surface area contributed by atoms with Crippen LogP contribution in [0.2, 0.25) is 18.1 Å². The summed E-state index contributed by atoms with van der Waals surface area (Å²) in [5, 5.41) is 3.29. The molecule has 1 aliphatic carbocycles. The van der Waals surface area contributed by atoms with E-state index in [1.54, 1.807) is 0 Å². The molecule has 1 amide bonds. The summed E-state index contributed by atoms with van der Waals surface area (Å²) in [5.74, 6) is 0.276. The van der Waals surface area contributed by atoms with E-state index in [0.717, 1.165) is 24.8 Å². The van der Waals surface area contributed by atoms with Crippen LogP contribution in [0, 0.1) is 5.92 Å². The van der Waals surface area contributed by atoms with E-state index in [-0.39, 0.29) is 29.2 Å². The smallest absolute Gasteiger partial charge is 0.407 e. The van der Waals surface area contributed by atoms with Crippen LogP contribution >= 0.6 is 0 Å². The topological polar surface area (TPSA) is 47.6 Å². The Morgan fingerprint density at radius 1 is 1.21 bits per heavy atom. The predicted octanol–water partition coefficient (Wildman–Crippen LogP) is 6.05. The molecule has 0 heterocycles. The molecule has 0 bridgehead atoms. The molecular formula is C23H37NO3Si. The van der Waals surface area contributed by atoms with Gasteiger partial charge < -0.3 is 14.5 Å². The van der Waals surface area contributed by atoms with E-state index in [4.69, 9.17) is 9.16 Å². The number of ether oxygens (including phenoxy) is 1. The second kappa shape index (κ2) is 9.75. The fourth-order valence-corrected chi connectivity index (χ4v) is 4.82. The number of allylic oxidation sites excluding steroid dienone is 1. The molecule has 0 aromatic heterocycles. The van der Waals surface area contributed by atoms with Gasteiger partial charge in [-0.1, -0.05) is 63.3 Å². The zero-order valence-electron chi connectivity index (χ0n) is 18.3. The lowest BCUT2D eigenvalue weighted by Crippen LogP contribution is -2.49. The molecule has 1 fully saturated rings. The molecular weight excluding hydrogens is 366 g/mol. The minimum absolute atomic E-state index is 0.0961. The first kappa shape index (κ1) is 22.7. The van der Waals surface area contributed by atoms with Gasteiger partial charge in [0.2, 0.25) is 0 Å². The first-order valence-corrected chi connectivity index (χ1v) is 13.3. The summed E-state index contributed by atoms with van der Waals surface area (Å²) in [6, 6.07) is 9.86. The number of carbonyl (C=O) groups is 1. The summed E-state index contributed by atoms with van der Waals surface area (Å²) >= 11 is 0. The van der Waals surface area contributed by atoms with Crippen molar-refractivity contribution in [3.8, 4) is 0 Å². The SMILES string of the molecule is CC=C[C@@H]1C[C@H](O[Si](C)(C)C(C)(C)C)CC[C@@H]1NC(=O)OCc1ccccc1. The van der Waals surface area contributed by atoms with E-state index in [9.17, 15) is 4.79 Å². The van der Waals surface area contributed by atoms with Crippen LogP contribution in [-0.2, 0) is 15.8 Å². The van der Waals surface area contributed by atoms with Gasteiger partial charge in [0, 0.05) is 12.1 Å². The van der Waals surface area contributed by atoms with Crippen LogP contribution in [0.3, 0.4) is 0 Å². The zero-order valence-corrected chi connectivity index (χ0v) is 19.3. The van der Waals surface area contributed by atoms with Crippen LogP contribution in [-0.4, -0.2) is 26.6 Å². The van der Waals surface area contributed by atoms with Gasteiger partial charge in [-0.25, -0.2) is 4.79 Å². The van der Waals surface area contributed by atoms with Gasteiger partial charge in [-0.15, -0.1) is 0 Å². The molecule has 4 nitrogen and oxygen atoms in total. The summed E-state index contributed by atoms with van der Waals surface area (Å²) < 4.78 is 12.1. The lowest BCUT2D eigenvalue weighted by Gasteiger charge is -2.43. The molecule has 1 N–H and O–H groups in total. The largest absolute Gasteiger partial charge is 0.445 e. The molecule has 0 unspecified atom stereocenters. The zero-order chi connectivity index (χ0) is 20.8. The lowest BCUT2D eigenvalue weighted by molar-refractivity contribution is 0.0927. The number of hydrogen-bond acceptors (Lipinski definition) is 3. The lowest BCUT2D eigenvalue weighted by atomic mass is 9.82. The second-order valence-electron chi connectivity index (χ2n) is 9.32. The minimum atomic E-state index is -1.79. The quantitative estimate of drug-likeness (QED) is 0.465. The Labute approximate surface area is 171 Å². The van der Waals surface area contributed by atoms with Crippen molar-refractivity contribution < 1.29 is 14.0 Å². The van der Waals surface area contributed by atoms with Gasteiger partial charge in [0.15, 0.2) is 8.32 Å². The maximum atomic E-state index is 12.3. The van der Waals surface area contributed by atoms with E-state index >= 15 is 0 Å². The molecule has 0 spiro atoms. The van der Waals surface area contributed by atoms with Gasteiger partial charge in [0.05, 0.1) is 0 Å². The van der Waals surface area contributed by atoms with Gasteiger partial charge in [0.1, 0.15) is 6.61 Å². The number of benzene rings is 1. The third-order valence-corrected chi connectivity index (χ3v) is 10.6. The van der Waals surface area contributed by atoms with E-state index < -0.39 is 8.32 Å². The van der Waals surface area contributed by atoms with Crippen molar-refractivity contribution >= 4 is 14.4 Å². The molecule has 0 saturated heterocycles. The van der Waals surface area contributed by atoms with Crippen molar-refractivity contribution in [2.45, 2.75) is 83.8 Å². The van der Waals surface area contributed by atoms with Crippen LogP contribution in [0.1, 0.15) is 52.5 Å². The van der Waals surface area contributed by atoms with Crippen molar-refractivity contribution in [2.24, 2.45) is 5.92 Å². The Kier molecular flexibility index (Phi) is 7.90. The number of rotatable bonds is 6. The monoisotopic (exact) mass is 403 g/mol. The highest BCUT2D eigenvalue weighted by Crippen LogP contribution is 2.40. The molecule has 28 heavy (non-hydrogen) atoms. The highest BCUT2D eigenvalue weighted by Gasteiger charge is 2.41. The molecule has 3 atom stereocenters. The van der Waals surface area contributed by atoms with Crippen LogP contribution in [0.4, 0.5) is 4.79 Å². The highest BCUT2D eigenvalue weighted by atomic mass is 28.4. The molecule has 1 aromatic carbocycles. The molecule has 1 aromatic rings. The summed E-state index contributed by atoms with van der Waals surface area (Å²) in [6.07, 6.45) is 7.03. The molecule has 156 valence electrons. The molecule has 0 radical (unpaired) electrons. The number of carbonyl (C=O) groups excluding carboxylic acids is 1. The van der Waals surface area contributed by atoms with Crippen LogP contribution in [0.5, 0.6) is 0 Å². The molecule has 1 saturated carbocycles. The van der Waals surface area contributed by atoms with Gasteiger partial charge in [-0.2, -0.15) is 0 Å². The summed E-state index contributed by atoms with van der Waals surface area (Å²) in [6.45, 7) is 13.8. The third kappa shape index (κ3) is 6.49. The minimum Gasteiger partial charge on any atom is -0.445 e.